The summed E-state index contributed by atoms with van der Waals surface area (Å²) in [5.74, 6) is 3.09. The smallest absolute Gasteiger partial charge is 0.267 e. The summed E-state index contributed by atoms with van der Waals surface area (Å²) in [5, 5.41) is 0. The molecule has 0 aromatic carbocycles. The first kappa shape index (κ1) is 21.9. The van der Waals surface area contributed by atoms with Crippen molar-refractivity contribution >= 4 is 49.8 Å². The van der Waals surface area contributed by atoms with Crippen LogP contribution >= 0.6 is 45.9 Å². The molecule has 0 saturated heterocycles. The molecule has 0 amide bonds. The molecule has 2 aliphatic carbocycles. The molecular formula is C19H35Br3OSi. The van der Waals surface area contributed by atoms with Crippen molar-refractivity contribution in [1.82, 2.24) is 0 Å². The molecular weight excluding hydrogens is 512 g/mol. The van der Waals surface area contributed by atoms with Crippen molar-refractivity contribution in [2.45, 2.75) is 96.1 Å². The van der Waals surface area contributed by atoms with Crippen molar-refractivity contribution in [3.8, 4) is 0 Å². The van der Waals surface area contributed by atoms with Gasteiger partial charge >= 0.3 is 0 Å². The summed E-state index contributed by atoms with van der Waals surface area (Å²) in [6.07, 6.45) is 17.5. The highest BCUT2D eigenvalue weighted by molar-refractivity contribution is 9.72. The van der Waals surface area contributed by atoms with Gasteiger partial charge in [-0.3, -0.25) is 0 Å². The van der Waals surface area contributed by atoms with Crippen LogP contribution in [0.1, 0.15) is 84.0 Å². The van der Waals surface area contributed by atoms with Gasteiger partial charge in [0.25, 0.3) is 3.93 Å². The highest BCUT2D eigenvalue weighted by Gasteiger charge is 2.31. The average molecular weight is 547 g/mol. The summed E-state index contributed by atoms with van der Waals surface area (Å²) in [6, 6.07) is 1.17. The summed E-state index contributed by atoms with van der Waals surface area (Å²) in [6.45, 7) is 3.25. The van der Waals surface area contributed by atoms with Gasteiger partial charge in [0.1, 0.15) is 0 Å². The van der Waals surface area contributed by atoms with Crippen molar-refractivity contribution in [3.05, 3.63) is 0 Å². The van der Waals surface area contributed by atoms with Gasteiger partial charge in [-0.05, 0) is 68.7 Å². The minimum Gasteiger partial charge on any atom is -0.378 e. The zero-order valence-electron chi connectivity index (χ0n) is 15.3. The summed E-state index contributed by atoms with van der Waals surface area (Å²) < 4.78 is 4.70. The maximum Gasteiger partial charge on any atom is 0.267 e. The van der Waals surface area contributed by atoms with E-state index in [0.29, 0.717) is 6.10 Å². The lowest BCUT2D eigenvalue weighted by molar-refractivity contribution is 0.00728. The van der Waals surface area contributed by atoms with Gasteiger partial charge in [0.15, 0.2) is 0 Å². The Bertz CT molecular complexity index is 332. The first-order valence-corrected chi connectivity index (χ1v) is 19.1. The lowest BCUT2D eigenvalue weighted by Gasteiger charge is -2.38. The molecule has 0 N–H and O–H groups in total. The molecule has 0 spiro atoms. The van der Waals surface area contributed by atoms with E-state index in [1.54, 1.807) is 0 Å². The van der Waals surface area contributed by atoms with Crippen molar-refractivity contribution in [3.63, 3.8) is 0 Å². The van der Waals surface area contributed by atoms with Gasteiger partial charge in [-0.2, -0.15) is 0 Å². The third-order valence-corrected chi connectivity index (χ3v) is 10.7. The van der Waals surface area contributed by atoms with Gasteiger partial charge in [0.2, 0.25) is 0 Å². The molecule has 2 fully saturated rings. The van der Waals surface area contributed by atoms with Crippen molar-refractivity contribution in [2.24, 2.45) is 17.8 Å². The predicted octanol–water partition coefficient (Wildman–Crippen LogP) is 8.07. The molecule has 0 atom stereocenters. The van der Waals surface area contributed by atoms with Crippen LogP contribution in [0.5, 0.6) is 0 Å². The molecule has 5 heteroatoms. The van der Waals surface area contributed by atoms with Crippen molar-refractivity contribution in [1.29, 1.82) is 0 Å². The van der Waals surface area contributed by atoms with Gasteiger partial charge in [-0.1, -0.05) is 84.9 Å². The van der Waals surface area contributed by atoms with Crippen molar-refractivity contribution in [2.75, 3.05) is 6.61 Å². The molecule has 142 valence electrons. The van der Waals surface area contributed by atoms with E-state index in [9.17, 15) is 0 Å². The van der Waals surface area contributed by atoms with Crippen LogP contribution in [0, 0.1) is 17.8 Å². The molecule has 0 aromatic heterocycles. The van der Waals surface area contributed by atoms with Gasteiger partial charge in [-0.25, -0.2) is 0 Å². The van der Waals surface area contributed by atoms with Crippen LogP contribution in [0.3, 0.4) is 0 Å². The molecule has 2 saturated carbocycles. The maximum atomic E-state index is 6.14. The average Bonchev–Trinajstić information content (AvgIpc) is 2.57. The lowest BCUT2D eigenvalue weighted by Crippen LogP contribution is -2.29. The topological polar surface area (TPSA) is 9.23 Å². The Morgan fingerprint density at radius 3 is 1.96 bits per heavy atom. The van der Waals surface area contributed by atoms with Crippen molar-refractivity contribution < 1.29 is 4.74 Å². The molecule has 0 aromatic rings. The van der Waals surface area contributed by atoms with Crippen LogP contribution in [-0.2, 0) is 4.74 Å². The monoisotopic (exact) mass is 544 g/mol. The second-order valence-corrected chi connectivity index (χ2v) is 31.5. The summed E-state index contributed by atoms with van der Waals surface area (Å²) in [7, 11) is 0. The van der Waals surface area contributed by atoms with E-state index in [2.05, 4.69) is 52.8 Å². The Morgan fingerprint density at radius 2 is 1.42 bits per heavy atom. The third-order valence-electron chi connectivity index (χ3n) is 6.20. The quantitative estimate of drug-likeness (QED) is 0.161. The molecule has 0 radical (unpaired) electrons. The van der Waals surface area contributed by atoms with E-state index in [0.717, 1.165) is 30.8 Å². The molecule has 0 bridgehead atoms. The summed E-state index contributed by atoms with van der Waals surface area (Å²) in [5.41, 5.74) is 0. The standard InChI is InChI=1S/C19H35Br3OSi/c1-2-3-5-16-6-8-17(9-7-16)18-10-12-19(13-11-18)23-14-4-15-24(20,21)22/h16-19H,2-15H2,1H3. The Balaban J connectivity index is 1.56. The Kier molecular flexibility index (Phi) is 10.5. The van der Waals surface area contributed by atoms with Crippen LogP contribution in [0.15, 0.2) is 0 Å². The van der Waals surface area contributed by atoms with Crippen LogP contribution < -0.4 is 0 Å². The number of hydrogen-bond acceptors (Lipinski definition) is 1. The molecule has 2 rings (SSSR count). The second kappa shape index (κ2) is 11.5. The van der Waals surface area contributed by atoms with E-state index in [1.165, 1.54) is 76.7 Å². The van der Waals surface area contributed by atoms with E-state index in [4.69, 9.17) is 4.74 Å². The van der Waals surface area contributed by atoms with Gasteiger partial charge < -0.3 is 4.74 Å². The predicted molar refractivity (Wildman–Crippen MR) is 119 cm³/mol. The second-order valence-electron chi connectivity index (χ2n) is 8.05. The summed E-state index contributed by atoms with van der Waals surface area (Å²) in [4.78, 5) is 0. The Hall–Kier alpha value is 1.62. The van der Waals surface area contributed by atoms with Gasteiger partial charge in [0, 0.05) is 6.61 Å². The van der Waals surface area contributed by atoms with Gasteiger partial charge in [0.05, 0.1) is 6.10 Å². The normalized spacial score (nSPS) is 32.0. The van der Waals surface area contributed by atoms with Crippen LogP contribution in [0.2, 0.25) is 6.04 Å². The Labute approximate surface area is 174 Å². The largest absolute Gasteiger partial charge is 0.378 e. The minimum absolute atomic E-state index is 0.541. The summed E-state index contributed by atoms with van der Waals surface area (Å²) >= 11 is 11.1. The highest BCUT2D eigenvalue weighted by Crippen LogP contribution is 2.41. The van der Waals surface area contributed by atoms with E-state index in [-0.39, 0.29) is 0 Å². The number of ether oxygens (including phenoxy) is 1. The lowest BCUT2D eigenvalue weighted by atomic mass is 9.70. The molecule has 24 heavy (non-hydrogen) atoms. The maximum absolute atomic E-state index is 6.14. The first-order chi connectivity index (χ1) is 11.5. The molecule has 0 aliphatic heterocycles. The number of halogens is 3. The van der Waals surface area contributed by atoms with Crippen LogP contribution in [-0.4, -0.2) is 16.6 Å². The molecule has 1 nitrogen and oxygen atoms in total. The molecule has 0 unspecified atom stereocenters. The highest BCUT2D eigenvalue weighted by atomic mass is 80.0. The number of hydrogen-bond donors (Lipinski definition) is 0. The van der Waals surface area contributed by atoms with Crippen LogP contribution in [0.4, 0.5) is 0 Å². The van der Waals surface area contributed by atoms with E-state index >= 15 is 0 Å². The number of unbranched alkanes of at least 4 members (excludes halogenated alkanes) is 1. The Morgan fingerprint density at radius 1 is 0.833 bits per heavy atom. The molecule has 0 heterocycles. The zero-order valence-corrected chi connectivity index (χ0v) is 21.0. The minimum atomic E-state index is -1.43. The van der Waals surface area contributed by atoms with Crippen LogP contribution in [0.25, 0.3) is 0 Å². The fourth-order valence-electron chi connectivity index (χ4n) is 4.69. The fraction of sp³-hybridized carbons (Fsp3) is 1.00. The third kappa shape index (κ3) is 8.54. The molecule has 2 aliphatic rings. The SMILES string of the molecule is CCCCC1CCC(C2CCC(OCCC[Si](Br)(Br)Br)CC2)CC1. The van der Waals surface area contributed by atoms with E-state index < -0.39 is 3.93 Å². The number of rotatable bonds is 9. The fourth-order valence-corrected chi connectivity index (χ4v) is 7.76. The zero-order chi connectivity index (χ0) is 17.4. The van der Waals surface area contributed by atoms with Gasteiger partial charge in [-0.15, -0.1) is 0 Å². The first-order valence-electron chi connectivity index (χ1n) is 10.2. The van der Waals surface area contributed by atoms with E-state index in [1.807, 2.05) is 0 Å².